The highest BCUT2D eigenvalue weighted by atomic mass is 32.2. The van der Waals surface area contributed by atoms with Gasteiger partial charge in [-0.1, -0.05) is 18.2 Å². The van der Waals surface area contributed by atoms with E-state index in [1.54, 1.807) is 4.31 Å². The van der Waals surface area contributed by atoms with Crippen LogP contribution in [-0.4, -0.2) is 30.4 Å². The Balaban J connectivity index is 1.70. The molecule has 5 nitrogen and oxygen atoms in total. The fraction of sp³-hybridized carbons (Fsp3) is 0.333. The molecular formula is C18H20F2N4OS. The Kier molecular flexibility index (Phi) is 4.88. The molecule has 1 saturated heterocycles. The molecule has 2 aliphatic heterocycles. The van der Waals surface area contributed by atoms with E-state index < -0.39 is 22.8 Å². The fourth-order valence-corrected chi connectivity index (χ4v) is 4.48. The highest BCUT2D eigenvalue weighted by molar-refractivity contribution is 7.84. The second-order valence-corrected chi connectivity index (χ2v) is 7.56. The van der Waals surface area contributed by atoms with Crippen molar-refractivity contribution in [3.63, 3.8) is 0 Å². The van der Waals surface area contributed by atoms with Gasteiger partial charge in [0.15, 0.2) is 22.8 Å². The number of rotatable bonds is 3. The van der Waals surface area contributed by atoms with Gasteiger partial charge < -0.3 is 10.2 Å². The molecule has 1 unspecified atom stereocenters. The number of piperazine rings is 1. The maximum Gasteiger partial charge on any atom is 0.196 e. The molecule has 0 bridgehead atoms. The minimum atomic E-state index is -1.50. The molecular weight excluding hydrogens is 358 g/mol. The van der Waals surface area contributed by atoms with Crippen LogP contribution in [0.5, 0.6) is 0 Å². The van der Waals surface area contributed by atoms with Crippen LogP contribution >= 0.6 is 0 Å². The average Bonchev–Trinajstić information content (AvgIpc) is 2.67. The van der Waals surface area contributed by atoms with Crippen LogP contribution in [0.25, 0.3) is 0 Å². The molecule has 2 aromatic carbocycles. The first-order valence-electron chi connectivity index (χ1n) is 8.58. The Bertz CT molecular complexity index is 842. The van der Waals surface area contributed by atoms with E-state index in [2.05, 4.69) is 21.0 Å². The molecule has 0 aliphatic carbocycles. The minimum Gasteiger partial charge on any atom is -0.369 e. The van der Waals surface area contributed by atoms with E-state index in [0.717, 1.165) is 49.2 Å². The zero-order chi connectivity index (χ0) is 18.1. The van der Waals surface area contributed by atoms with E-state index in [1.165, 1.54) is 12.1 Å². The van der Waals surface area contributed by atoms with Crippen molar-refractivity contribution in [1.29, 1.82) is 0 Å². The zero-order valence-corrected chi connectivity index (χ0v) is 15.0. The maximum absolute atomic E-state index is 14.1. The van der Waals surface area contributed by atoms with Crippen LogP contribution in [0.2, 0.25) is 0 Å². The first-order valence-corrected chi connectivity index (χ1v) is 9.69. The summed E-state index contributed by atoms with van der Waals surface area (Å²) >= 11 is -1.50. The van der Waals surface area contributed by atoms with Gasteiger partial charge in [-0.15, -0.1) is 0 Å². The van der Waals surface area contributed by atoms with Gasteiger partial charge in [0.1, 0.15) is 0 Å². The van der Waals surface area contributed by atoms with Crippen LogP contribution in [0.1, 0.15) is 11.1 Å². The normalized spacial score (nSPS) is 20.2. The largest absolute Gasteiger partial charge is 0.369 e. The lowest BCUT2D eigenvalue weighted by molar-refractivity contribution is 0.499. The molecule has 2 N–H and O–H groups in total. The van der Waals surface area contributed by atoms with Gasteiger partial charge in [-0.2, -0.15) is 0 Å². The summed E-state index contributed by atoms with van der Waals surface area (Å²) in [4.78, 5) is 2.30. The topological polar surface area (TPSA) is 47.6 Å². The molecule has 4 rings (SSSR count). The molecule has 0 spiro atoms. The van der Waals surface area contributed by atoms with E-state index in [-0.39, 0.29) is 12.1 Å². The van der Waals surface area contributed by atoms with Crippen molar-refractivity contribution >= 4 is 22.5 Å². The number of fused-ring (bicyclic) bond motifs is 1. The molecule has 2 aliphatic rings. The maximum atomic E-state index is 14.1. The van der Waals surface area contributed by atoms with Gasteiger partial charge in [0.05, 0.1) is 12.2 Å². The summed E-state index contributed by atoms with van der Waals surface area (Å²) in [5.41, 5.74) is 3.10. The number of hydrogen-bond acceptors (Lipinski definition) is 3. The Morgan fingerprint density at radius 3 is 2.58 bits per heavy atom. The van der Waals surface area contributed by atoms with Gasteiger partial charge in [0.2, 0.25) is 0 Å². The van der Waals surface area contributed by atoms with Crippen molar-refractivity contribution in [1.82, 2.24) is 10.0 Å². The molecule has 0 aromatic heterocycles. The summed E-state index contributed by atoms with van der Waals surface area (Å²) in [6, 6.07) is 9.93. The van der Waals surface area contributed by atoms with Gasteiger partial charge in [-0.3, -0.25) is 4.31 Å². The number of anilines is 2. The van der Waals surface area contributed by atoms with Gasteiger partial charge in [-0.05, 0) is 18.2 Å². The van der Waals surface area contributed by atoms with Gasteiger partial charge in [0, 0.05) is 49.5 Å². The zero-order valence-electron chi connectivity index (χ0n) is 14.2. The first kappa shape index (κ1) is 17.4. The van der Waals surface area contributed by atoms with E-state index in [4.69, 9.17) is 0 Å². The van der Waals surface area contributed by atoms with Crippen molar-refractivity contribution in [2.75, 3.05) is 35.4 Å². The second kappa shape index (κ2) is 7.30. The molecule has 1 atom stereocenters. The summed E-state index contributed by atoms with van der Waals surface area (Å²) in [7, 11) is 0. The Labute approximate surface area is 153 Å². The van der Waals surface area contributed by atoms with Crippen molar-refractivity contribution in [3.8, 4) is 0 Å². The minimum absolute atomic E-state index is 0.0290. The van der Waals surface area contributed by atoms with Crippen LogP contribution in [0.4, 0.5) is 20.2 Å². The fourth-order valence-electron chi connectivity index (χ4n) is 3.45. The Hall–Kier alpha value is -2.03. The van der Waals surface area contributed by atoms with E-state index in [1.807, 2.05) is 12.1 Å². The second-order valence-electron chi connectivity index (χ2n) is 6.33. The van der Waals surface area contributed by atoms with Crippen molar-refractivity contribution in [3.05, 3.63) is 59.2 Å². The van der Waals surface area contributed by atoms with Crippen molar-refractivity contribution in [2.45, 2.75) is 13.1 Å². The SMILES string of the molecule is O=S1NCc2c(N3CCNCC3)cccc2N1Cc1cccc(F)c1F. The number of nitrogens with one attached hydrogen (secondary N) is 2. The predicted molar refractivity (Wildman–Crippen MR) is 99.0 cm³/mol. The van der Waals surface area contributed by atoms with E-state index in [9.17, 15) is 13.0 Å². The van der Waals surface area contributed by atoms with Gasteiger partial charge in [-0.25, -0.2) is 17.7 Å². The molecule has 0 saturated carbocycles. The summed E-state index contributed by atoms with van der Waals surface area (Å²) < 4.78 is 44.7. The van der Waals surface area contributed by atoms with Crippen molar-refractivity contribution in [2.24, 2.45) is 0 Å². The van der Waals surface area contributed by atoms with Crippen molar-refractivity contribution < 1.29 is 13.0 Å². The summed E-state index contributed by atoms with van der Waals surface area (Å²) in [5.74, 6) is -1.79. The Morgan fingerprint density at radius 2 is 1.77 bits per heavy atom. The summed E-state index contributed by atoms with van der Waals surface area (Å²) in [6.45, 7) is 4.14. The lowest BCUT2D eigenvalue weighted by Crippen LogP contribution is -2.45. The smallest absolute Gasteiger partial charge is 0.196 e. The number of nitrogens with zero attached hydrogens (tertiary/aromatic N) is 2. The lowest BCUT2D eigenvalue weighted by Gasteiger charge is -2.36. The molecule has 0 radical (unpaired) electrons. The molecule has 0 amide bonds. The molecule has 1 fully saturated rings. The third-order valence-corrected chi connectivity index (χ3v) is 5.89. The number of hydrogen-bond donors (Lipinski definition) is 2. The van der Waals surface area contributed by atoms with Crippen LogP contribution in [0, 0.1) is 11.6 Å². The van der Waals surface area contributed by atoms with Crippen LogP contribution in [-0.2, 0) is 24.3 Å². The van der Waals surface area contributed by atoms with Gasteiger partial charge >= 0.3 is 0 Å². The van der Waals surface area contributed by atoms with Crippen LogP contribution in [0.15, 0.2) is 36.4 Å². The van der Waals surface area contributed by atoms with Gasteiger partial charge in [0.25, 0.3) is 0 Å². The highest BCUT2D eigenvalue weighted by Crippen LogP contribution is 2.35. The van der Waals surface area contributed by atoms with Crippen LogP contribution in [0.3, 0.4) is 0 Å². The predicted octanol–water partition coefficient (Wildman–Crippen LogP) is 2.06. The monoisotopic (exact) mass is 378 g/mol. The molecule has 8 heteroatoms. The van der Waals surface area contributed by atoms with E-state index >= 15 is 0 Å². The summed E-state index contributed by atoms with van der Waals surface area (Å²) in [5, 5.41) is 3.33. The quantitative estimate of drug-likeness (QED) is 0.860. The molecule has 138 valence electrons. The third kappa shape index (κ3) is 3.20. The highest BCUT2D eigenvalue weighted by Gasteiger charge is 2.27. The first-order chi connectivity index (χ1) is 12.6. The summed E-state index contributed by atoms with van der Waals surface area (Å²) in [6.07, 6.45) is 0. The standard InChI is InChI=1S/C18H20F2N4OS/c19-15-4-1-3-13(18(15)20)12-24-17-6-2-5-16(14(17)11-22-26(24)25)23-9-7-21-8-10-23/h1-6,21-22H,7-12H2. The molecule has 2 aromatic rings. The Morgan fingerprint density at radius 1 is 1.04 bits per heavy atom. The molecule has 26 heavy (non-hydrogen) atoms. The number of benzene rings is 2. The lowest BCUT2D eigenvalue weighted by atomic mass is 10.1. The average molecular weight is 378 g/mol. The third-order valence-electron chi connectivity index (χ3n) is 4.77. The van der Waals surface area contributed by atoms with E-state index in [0.29, 0.717) is 6.54 Å². The van der Waals surface area contributed by atoms with Crippen LogP contribution < -0.4 is 19.2 Å². The molecule has 2 heterocycles. The number of halogens is 2.